The van der Waals surface area contributed by atoms with Gasteiger partial charge in [-0.2, -0.15) is 5.10 Å². The Morgan fingerprint density at radius 2 is 2.29 bits per heavy atom. The van der Waals surface area contributed by atoms with Crippen molar-refractivity contribution in [1.82, 2.24) is 10.2 Å². The van der Waals surface area contributed by atoms with Crippen molar-refractivity contribution in [2.45, 2.75) is 31.6 Å². The molecule has 4 nitrogen and oxygen atoms in total. The molecule has 3 rings (SSSR count). The molecule has 1 aromatic heterocycles. The fourth-order valence-corrected chi connectivity index (χ4v) is 2.65. The average molecular weight is 230 g/mol. The number of aryl methyl sites for hydroxylation is 1. The molecule has 17 heavy (non-hydrogen) atoms. The minimum Gasteiger partial charge on any atom is -0.481 e. The molecule has 1 aliphatic carbocycles. The van der Waals surface area contributed by atoms with Crippen LogP contribution in [0.5, 0.6) is 0 Å². The number of rotatable bonds is 3. The Labute approximate surface area is 98.6 Å². The highest BCUT2D eigenvalue weighted by Gasteiger charge is 2.47. The molecule has 0 amide bonds. The lowest BCUT2D eigenvalue weighted by Crippen LogP contribution is -2.13. The van der Waals surface area contributed by atoms with Gasteiger partial charge in [-0.3, -0.25) is 9.89 Å². The SMILES string of the molecule is Cc1[nH]nc2cccc(C3(CC(=O)O)CC3)c12. The summed E-state index contributed by atoms with van der Waals surface area (Å²) in [6.07, 6.45) is 2.14. The van der Waals surface area contributed by atoms with Crippen LogP contribution in [0.3, 0.4) is 0 Å². The molecule has 1 saturated carbocycles. The summed E-state index contributed by atoms with van der Waals surface area (Å²) in [4.78, 5) is 11.0. The maximum Gasteiger partial charge on any atom is 0.304 e. The molecule has 0 aliphatic heterocycles. The van der Waals surface area contributed by atoms with Gasteiger partial charge in [-0.1, -0.05) is 12.1 Å². The van der Waals surface area contributed by atoms with Crippen LogP contribution in [-0.2, 0) is 10.2 Å². The number of carboxylic acids is 1. The molecule has 2 N–H and O–H groups in total. The first-order chi connectivity index (χ1) is 8.12. The highest BCUT2D eigenvalue weighted by atomic mass is 16.4. The van der Waals surface area contributed by atoms with Crippen molar-refractivity contribution in [1.29, 1.82) is 0 Å². The highest BCUT2D eigenvalue weighted by Crippen LogP contribution is 2.53. The molecule has 0 spiro atoms. The summed E-state index contributed by atoms with van der Waals surface area (Å²) >= 11 is 0. The second kappa shape index (κ2) is 3.32. The number of fused-ring (bicyclic) bond motifs is 1. The second-order valence-corrected chi connectivity index (χ2v) is 4.90. The van der Waals surface area contributed by atoms with E-state index in [1.165, 1.54) is 0 Å². The number of hydrogen-bond donors (Lipinski definition) is 2. The van der Waals surface area contributed by atoms with Gasteiger partial charge in [0, 0.05) is 16.5 Å². The van der Waals surface area contributed by atoms with E-state index in [1.54, 1.807) is 0 Å². The lowest BCUT2D eigenvalue weighted by molar-refractivity contribution is -0.137. The van der Waals surface area contributed by atoms with E-state index in [0.29, 0.717) is 0 Å². The van der Waals surface area contributed by atoms with Crippen LogP contribution in [0.25, 0.3) is 10.9 Å². The van der Waals surface area contributed by atoms with Crippen molar-refractivity contribution in [3.8, 4) is 0 Å². The average Bonchev–Trinajstić information content (AvgIpc) is 2.96. The van der Waals surface area contributed by atoms with Crippen molar-refractivity contribution in [3.63, 3.8) is 0 Å². The number of carbonyl (C=O) groups is 1. The summed E-state index contributed by atoms with van der Waals surface area (Å²) in [6, 6.07) is 5.96. The topological polar surface area (TPSA) is 66.0 Å². The Bertz CT molecular complexity index is 596. The number of aromatic nitrogens is 2. The Kier molecular flexibility index (Phi) is 2.02. The van der Waals surface area contributed by atoms with Crippen molar-refractivity contribution in [2.24, 2.45) is 0 Å². The van der Waals surface area contributed by atoms with Gasteiger partial charge in [0.1, 0.15) is 0 Å². The molecule has 0 saturated heterocycles. The maximum absolute atomic E-state index is 11.0. The first-order valence-electron chi connectivity index (χ1n) is 5.78. The Morgan fingerprint density at radius 1 is 1.53 bits per heavy atom. The van der Waals surface area contributed by atoms with Gasteiger partial charge in [-0.25, -0.2) is 0 Å². The lowest BCUT2D eigenvalue weighted by atomic mass is 9.89. The summed E-state index contributed by atoms with van der Waals surface area (Å²) in [5, 5.41) is 17.3. The van der Waals surface area contributed by atoms with Gasteiger partial charge in [-0.15, -0.1) is 0 Å². The normalized spacial score (nSPS) is 17.2. The van der Waals surface area contributed by atoms with Gasteiger partial charge in [0.05, 0.1) is 11.9 Å². The van der Waals surface area contributed by atoms with Gasteiger partial charge in [0.15, 0.2) is 0 Å². The zero-order valence-electron chi connectivity index (χ0n) is 9.66. The van der Waals surface area contributed by atoms with Crippen molar-refractivity contribution in [2.75, 3.05) is 0 Å². The molecule has 0 bridgehead atoms. The van der Waals surface area contributed by atoms with Crippen LogP contribution in [0.4, 0.5) is 0 Å². The number of nitrogens with zero attached hydrogens (tertiary/aromatic N) is 1. The molecule has 1 aliphatic rings. The van der Waals surface area contributed by atoms with Gasteiger partial charge in [0.2, 0.25) is 0 Å². The molecule has 0 radical (unpaired) electrons. The van der Waals surface area contributed by atoms with E-state index in [9.17, 15) is 4.79 Å². The second-order valence-electron chi connectivity index (χ2n) is 4.90. The van der Waals surface area contributed by atoms with Crippen LogP contribution >= 0.6 is 0 Å². The fourth-order valence-electron chi connectivity index (χ4n) is 2.65. The number of carboxylic acid groups (broad SMARTS) is 1. The van der Waals surface area contributed by atoms with Gasteiger partial charge < -0.3 is 5.11 Å². The van der Waals surface area contributed by atoms with E-state index < -0.39 is 5.97 Å². The summed E-state index contributed by atoms with van der Waals surface area (Å²) in [5.74, 6) is -0.722. The summed E-state index contributed by atoms with van der Waals surface area (Å²) in [7, 11) is 0. The van der Waals surface area contributed by atoms with Gasteiger partial charge in [0.25, 0.3) is 0 Å². The van der Waals surface area contributed by atoms with Crippen LogP contribution in [0.2, 0.25) is 0 Å². The predicted molar refractivity (Wildman–Crippen MR) is 64.0 cm³/mol. The van der Waals surface area contributed by atoms with E-state index >= 15 is 0 Å². The Balaban J connectivity index is 2.17. The number of H-pyrrole nitrogens is 1. The third kappa shape index (κ3) is 1.52. The molecule has 0 atom stereocenters. The smallest absolute Gasteiger partial charge is 0.304 e. The monoisotopic (exact) mass is 230 g/mol. The standard InChI is InChI=1S/C13H14N2O2/c1-8-12-9(3-2-4-10(12)15-14-8)13(5-6-13)7-11(16)17/h2-4H,5-7H2,1H3,(H,14,15)(H,16,17). The number of aromatic amines is 1. The minimum atomic E-state index is -0.722. The van der Waals surface area contributed by atoms with Gasteiger partial charge in [-0.05, 0) is 31.4 Å². The molecule has 1 fully saturated rings. The van der Waals surface area contributed by atoms with Crippen molar-refractivity contribution >= 4 is 16.9 Å². The number of hydrogen-bond acceptors (Lipinski definition) is 2. The molecule has 1 aromatic carbocycles. The van der Waals surface area contributed by atoms with Crippen LogP contribution in [0.15, 0.2) is 18.2 Å². The number of nitrogens with one attached hydrogen (secondary N) is 1. The molecular weight excluding hydrogens is 216 g/mol. The lowest BCUT2D eigenvalue weighted by Gasteiger charge is -2.14. The van der Waals surface area contributed by atoms with Crippen LogP contribution in [0, 0.1) is 6.92 Å². The van der Waals surface area contributed by atoms with E-state index in [0.717, 1.165) is 35.0 Å². The first kappa shape index (κ1) is 10.3. The first-order valence-corrected chi connectivity index (χ1v) is 5.78. The van der Waals surface area contributed by atoms with Crippen molar-refractivity contribution < 1.29 is 9.90 Å². The Hall–Kier alpha value is -1.84. The molecule has 0 unspecified atom stereocenters. The largest absolute Gasteiger partial charge is 0.481 e. The molecule has 88 valence electrons. The zero-order chi connectivity index (χ0) is 12.0. The van der Waals surface area contributed by atoms with E-state index in [-0.39, 0.29) is 11.8 Å². The number of benzene rings is 1. The molecule has 2 aromatic rings. The zero-order valence-corrected chi connectivity index (χ0v) is 9.66. The number of aliphatic carboxylic acids is 1. The molecule has 1 heterocycles. The third-order valence-corrected chi connectivity index (χ3v) is 3.68. The maximum atomic E-state index is 11.0. The molecule has 4 heteroatoms. The third-order valence-electron chi connectivity index (χ3n) is 3.68. The molecular formula is C13H14N2O2. The van der Waals surface area contributed by atoms with E-state index in [2.05, 4.69) is 10.2 Å². The quantitative estimate of drug-likeness (QED) is 0.850. The van der Waals surface area contributed by atoms with E-state index in [1.807, 2.05) is 25.1 Å². The summed E-state index contributed by atoms with van der Waals surface area (Å²) < 4.78 is 0. The van der Waals surface area contributed by atoms with Crippen LogP contribution in [0.1, 0.15) is 30.5 Å². The summed E-state index contributed by atoms with van der Waals surface area (Å²) in [6.45, 7) is 1.98. The van der Waals surface area contributed by atoms with Crippen LogP contribution < -0.4 is 0 Å². The summed E-state index contributed by atoms with van der Waals surface area (Å²) in [5.41, 5.74) is 2.94. The predicted octanol–water partition coefficient (Wildman–Crippen LogP) is 2.38. The van der Waals surface area contributed by atoms with Crippen molar-refractivity contribution in [3.05, 3.63) is 29.5 Å². The Morgan fingerprint density at radius 3 is 2.94 bits per heavy atom. The van der Waals surface area contributed by atoms with Gasteiger partial charge >= 0.3 is 5.97 Å². The highest BCUT2D eigenvalue weighted by molar-refractivity contribution is 5.87. The fraction of sp³-hybridized carbons (Fsp3) is 0.385. The minimum absolute atomic E-state index is 0.153. The van der Waals surface area contributed by atoms with E-state index in [4.69, 9.17) is 5.11 Å². The van der Waals surface area contributed by atoms with Crippen LogP contribution in [-0.4, -0.2) is 21.3 Å².